The van der Waals surface area contributed by atoms with Crippen LogP contribution in [0.3, 0.4) is 0 Å². The van der Waals surface area contributed by atoms with Crippen LogP contribution in [-0.2, 0) is 25.6 Å². The number of hydrogen-bond acceptors (Lipinski definition) is 6. The summed E-state index contributed by atoms with van der Waals surface area (Å²) in [4.78, 5) is 77.7. The summed E-state index contributed by atoms with van der Waals surface area (Å²) in [6, 6.07) is 11.0. The molecule has 0 fully saturated rings. The fraction of sp³-hybridized carbons (Fsp3) is 0.280. The van der Waals surface area contributed by atoms with Crippen LogP contribution in [0.2, 0.25) is 0 Å². The lowest BCUT2D eigenvalue weighted by atomic mass is 10.0. The van der Waals surface area contributed by atoms with Crippen LogP contribution in [-0.4, -0.2) is 50.4 Å². The second-order valence-electron chi connectivity index (χ2n) is 8.49. The van der Waals surface area contributed by atoms with E-state index >= 15 is 0 Å². The molecule has 0 aliphatic rings. The Morgan fingerprint density at radius 1 is 0.973 bits per heavy atom. The van der Waals surface area contributed by atoms with Crippen LogP contribution in [0, 0.1) is 0 Å². The lowest BCUT2D eigenvalue weighted by molar-refractivity contribution is -0.141. The molecule has 3 aromatic rings. The van der Waals surface area contributed by atoms with Crippen LogP contribution in [0.5, 0.6) is 0 Å². The summed E-state index contributed by atoms with van der Waals surface area (Å²) < 4.78 is 0.785. The van der Waals surface area contributed by atoms with Crippen LogP contribution in [0.4, 0.5) is 0 Å². The monoisotopic (exact) mass is 509 g/mol. The highest BCUT2D eigenvalue weighted by Crippen LogP contribution is 2.14. The van der Waals surface area contributed by atoms with Gasteiger partial charge in [0.15, 0.2) is 0 Å². The number of hydrogen-bond donors (Lipinski definition) is 5. The maximum Gasteiger partial charge on any atom is 0.329 e. The van der Waals surface area contributed by atoms with Gasteiger partial charge in [0.25, 0.3) is 5.56 Å². The van der Waals surface area contributed by atoms with Gasteiger partial charge in [-0.3, -0.25) is 24.0 Å². The average Bonchev–Trinajstić information content (AvgIpc) is 2.86. The normalized spacial score (nSPS) is 13.3. The van der Waals surface area contributed by atoms with Crippen LogP contribution in [0.15, 0.2) is 64.2 Å². The van der Waals surface area contributed by atoms with E-state index in [0.717, 1.165) is 4.57 Å². The SMILES string of the molecule is C[C@@H](NC(=O)[C@H](CCC(N)=O)NC(=O)[C@H](Cc1ccccc1)n1c(=O)[nH]c2ccccc2c1=O)C(=O)O. The third-order valence-corrected chi connectivity index (χ3v) is 5.76. The van der Waals surface area contributed by atoms with Gasteiger partial charge in [0.1, 0.15) is 18.1 Å². The highest BCUT2D eigenvalue weighted by molar-refractivity contribution is 5.92. The number of nitrogens with two attached hydrogens (primary N) is 1. The molecule has 1 heterocycles. The van der Waals surface area contributed by atoms with Crippen molar-refractivity contribution in [3.63, 3.8) is 0 Å². The van der Waals surface area contributed by atoms with Gasteiger partial charge in [-0.2, -0.15) is 0 Å². The lowest BCUT2D eigenvalue weighted by Crippen LogP contribution is -2.54. The Hall–Kier alpha value is -4.74. The summed E-state index contributed by atoms with van der Waals surface area (Å²) in [6.45, 7) is 1.24. The van der Waals surface area contributed by atoms with E-state index in [1.807, 2.05) is 0 Å². The predicted octanol–water partition coefficient (Wildman–Crippen LogP) is -0.187. The third-order valence-electron chi connectivity index (χ3n) is 5.76. The number of carboxylic acid groups (broad SMARTS) is 1. The van der Waals surface area contributed by atoms with Gasteiger partial charge in [0, 0.05) is 12.8 Å². The summed E-state index contributed by atoms with van der Waals surface area (Å²) in [7, 11) is 0. The van der Waals surface area contributed by atoms with Crippen LogP contribution < -0.4 is 27.6 Å². The minimum Gasteiger partial charge on any atom is -0.480 e. The molecule has 6 N–H and O–H groups in total. The standard InChI is InChI=1S/C25H27N5O7/c1-14(24(35)36)27-21(32)18(11-12-20(26)31)28-22(33)19(13-15-7-3-2-4-8-15)30-23(34)16-9-5-6-10-17(16)29-25(30)37/h2-10,14,18-19H,11-13H2,1H3,(H2,26,31)(H,27,32)(H,28,33)(H,29,37)(H,35,36)/t14-,18+,19+/m1/s1. The van der Waals surface area contributed by atoms with E-state index in [1.165, 1.54) is 13.0 Å². The third kappa shape index (κ3) is 6.69. The number of carboxylic acids is 1. The number of fused-ring (bicyclic) bond motifs is 1. The number of nitrogens with one attached hydrogen (secondary N) is 3. The summed E-state index contributed by atoms with van der Waals surface area (Å²) in [5.74, 6) is -3.74. The summed E-state index contributed by atoms with van der Waals surface area (Å²) in [5, 5.41) is 14.0. The number of H-pyrrole nitrogens is 1. The Bertz CT molecular complexity index is 1430. The molecule has 0 saturated carbocycles. The topological polar surface area (TPSA) is 193 Å². The van der Waals surface area contributed by atoms with Crippen molar-refractivity contribution < 1.29 is 24.3 Å². The van der Waals surface area contributed by atoms with Gasteiger partial charge < -0.3 is 26.5 Å². The Morgan fingerprint density at radius 2 is 1.62 bits per heavy atom. The van der Waals surface area contributed by atoms with Crippen LogP contribution >= 0.6 is 0 Å². The molecule has 2 aromatic carbocycles. The van der Waals surface area contributed by atoms with Crippen molar-refractivity contribution in [1.82, 2.24) is 20.2 Å². The Morgan fingerprint density at radius 3 is 2.27 bits per heavy atom. The average molecular weight is 510 g/mol. The first-order chi connectivity index (χ1) is 17.6. The smallest absolute Gasteiger partial charge is 0.329 e. The maximum atomic E-state index is 13.5. The number of carbonyl (C=O) groups is 4. The van der Waals surface area contributed by atoms with Crippen molar-refractivity contribution in [2.24, 2.45) is 5.73 Å². The number of rotatable bonds is 11. The van der Waals surface area contributed by atoms with Gasteiger partial charge in [-0.05, 0) is 31.0 Å². The van der Waals surface area contributed by atoms with E-state index < -0.39 is 53.1 Å². The zero-order valence-corrected chi connectivity index (χ0v) is 20.0. The summed E-state index contributed by atoms with van der Waals surface area (Å²) in [6.07, 6.45) is -0.566. The van der Waals surface area contributed by atoms with Crippen molar-refractivity contribution in [3.8, 4) is 0 Å². The Balaban J connectivity index is 2.02. The van der Waals surface area contributed by atoms with Crippen LogP contribution in [0.1, 0.15) is 31.4 Å². The number of aromatic amines is 1. The van der Waals surface area contributed by atoms with E-state index in [0.29, 0.717) is 11.1 Å². The van der Waals surface area contributed by atoms with Gasteiger partial charge >= 0.3 is 11.7 Å². The van der Waals surface area contributed by atoms with Gasteiger partial charge in [-0.25, -0.2) is 9.36 Å². The first-order valence-corrected chi connectivity index (χ1v) is 11.5. The van der Waals surface area contributed by atoms with Gasteiger partial charge in [-0.15, -0.1) is 0 Å². The quantitative estimate of drug-likeness (QED) is 0.236. The number of para-hydroxylation sites is 1. The molecule has 0 radical (unpaired) electrons. The van der Waals surface area contributed by atoms with Crippen LogP contribution in [0.25, 0.3) is 10.9 Å². The zero-order chi connectivity index (χ0) is 27.1. The molecule has 12 nitrogen and oxygen atoms in total. The molecule has 1 aromatic heterocycles. The molecular weight excluding hydrogens is 482 g/mol. The number of carbonyl (C=O) groups excluding carboxylic acids is 3. The number of nitrogens with zero attached hydrogens (tertiary/aromatic N) is 1. The predicted molar refractivity (Wildman–Crippen MR) is 134 cm³/mol. The first kappa shape index (κ1) is 26.9. The highest BCUT2D eigenvalue weighted by Gasteiger charge is 2.30. The molecule has 0 saturated heterocycles. The van der Waals surface area contributed by atoms with E-state index in [2.05, 4.69) is 15.6 Å². The van der Waals surface area contributed by atoms with Crippen molar-refractivity contribution >= 4 is 34.6 Å². The van der Waals surface area contributed by atoms with Crippen molar-refractivity contribution in [2.45, 2.75) is 44.3 Å². The fourth-order valence-electron chi connectivity index (χ4n) is 3.80. The Kier molecular flexibility index (Phi) is 8.56. The van der Waals surface area contributed by atoms with E-state index in [1.54, 1.807) is 48.5 Å². The molecule has 0 aliphatic carbocycles. The van der Waals surface area contributed by atoms with Gasteiger partial charge in [0.2, 0.25) is 17.7 Å². The van der Waals surface area contributed by atoms with E-state index in [4.69, 9.17) is 10.8 Å². The molecule has 12 heteroatoms. The fourth-order valence-corrected chi connectivity index (χ4v) is 3.80. The Labute approximate surface area is 210 Å². The molecule has 0 spiro atoms. The second-order valence-corrected chi connectivity index (χ2v) is 8.49. The largest absolute Gasteiger partial charge is 0.480 e. The summed E-state index contributed by atoms with van der Waals surface area (Å²) in [5.41, 5.74) is 4.61. The molecule has 3 atom stereocenters. The molecule has 0 bridgehead atoms. The number of aromatic nitrogens is 2. The molecule has 0 unspecified atom stereocenters. The number of amides is 3. The van der Waals surface area contributed by atoms with E-state index in [9.17, 15) is 28.8 Å². The number of primary amides is 1. The molecule has 3 amide bonds. The molecule has 194 valence electrons. The van der Waals surface area contributed by atoms with Crippen molar-refractivity contribution in [1.29, 1.82) is 0 Å². The molecular formula is C25H27N5O7. The molecule has 0 aliphatic heterocycles. The molecule has 3 rings (SSSR count). The minimum absolute atomic E-state index is 0.0658. The number of benzene rings is 2. The minimum atomic E-state index is -1.37. The van der Waals surface area contributed by atoms with E-state index in [-0.39, 0.29) is 24.6 Å². The lowest BCUT2D eigenvalue weighted by Gasteiger charge is -2.24. The zero-order valence-electron chi connectivity index (χ0n) is 20.0. The van der Waals surface area contributed by atoms with Crippen molar-refractivity contribution in [3.05, 3.63) is 81.0 Å². The van der Waals surface area contributed by atoms with Gasteiger partial charge in [-0.1, -0.05) is 42.5 Å². The highest BCUT2D eigenvalue weighted by atomic mass is 16.4. The second kappa shape index (κ2) is 11.8. The van der Waals surface area contributed by atoms with Crippen molar-refractivity contribution in [2.75, 3.05) is 0 Å². The summed E-state index contributed by atoms with van der Waals surface area (Å²) >= 11 is 0. The van der Waals surface area contributed by atoms with Gasteiger partial charge in [0.05, 0.1) is 10.9 Å². The molecule has 37 heavy (non-hydrogen) atoms. The maximum absolute atomic E-state index is 13.5. The first-order valence-electron chi connectivity index (χ1n) is 11.5. The number of aliphatic carboxylic acids is 1.